The van der Waals surface area contributed by atoms with E-state index in [0.29, 0.717) is 0 Å². The third kappa shape index (κ3) is 2.16. The van der Waals surface area contributed by atoms with Crippen LogP contribution in [0.3, 0.4) is 0 Å². The zero-order chi connectivity index (χ0) is 10.7. The van der Waals surface area contributed by atoms with Gasteiger partial charge in [0.2, 0.25) is 0 Å². The molecule has 0 aromatic carbocycles. The fourth-order valence-corrected chi connectivity index (χ4v) is 1.05. The van der Waals surface area contributed by atoms with Crippen LogP contribution in [0.1, 0.15) is 11.9 Å². The Morgan fingerprint density at radius 3 is 2.93 bits per heavy atom. The normalized spacial score (nSPS) is 12.5. The zero-order valence-electron chi connectivity index (χ0n) is 7.18. The van der Waals surface area contributed by atoms with Crippen LogP contribution in [0.2, 0.25) is 5.15 Å². The molecule has 76 valence electrons. The lowest BCUT2D eigenvalue weighted by Gasteiger charge is -2.08. The summed E-state index contributed by atoms with van der Waals surface area (Å²) in [7, 11) is 1.25. The molecule has 7 heteroatoms. The molecule has 0 bridgehead atoms. The number of hydrogen-bond acceptors (Lipinski definition) is 5. The number of aromatic nitrogens is 1. The Balaban J connectivity index is 3.14. The molecule has 0 aliphatic rings. The van der Waals surface area contributed by atoms with Crippen molar-refractivity contribution in [3.8, 4) is 0 Å². The SMILES string of the molecule is COC(O)c1cc([N+](=O)[O-])cnc1Cl. The Kier molecular flexibility index (Phi) is 3.34. The van der Waals surface area contributed by atoms with Crippen LogP contribution in [0, 0.1) is 10.1 Å². The summed E-state index contributed by atoms with van der Waals surface area (Å²) in [5.41, 5.74) is -0.177. The minimum Gasteiger partial charge on any atom is -0.364 e. The van der Waals surface area contributed by atoms with Crippen molar-refractivity contribution in [2.45, 2.75) is 6.29 Å². The fraction of sp³-hybridized carbons (Fsp3) is 0.286. The van der Waals surface area contributed by atoms with Crippen molar-refractivity contribution >= 4 is 17.3 Å². The molecule has 0 saturated carbocycles. The molecule has 6 nitrogen and oxygen atoms in total. The standard InChI is InChI=1S/C7H7ClN2O4/c1-14-7(11)5-2-4(10(12)13)3-9-6(5)8/h2-3,7,11H,1H3. The van der Waals surface area contributed by atoms with Crippen LogP contribution >= 0.6 is 11.6 Å². The molecule has 0 fully saturated rings. The summed E-state index contributed by atoms with van der Waals surface area (Å²) in [5, 5.41) is 19.6. The number of methoxy groups -OCH3 is 1. The van der Waals surface area contributed by atoms with Gasteiger partial charge in [0, 0.05) is 13.2 Å². The predicted molar refractivity (Wildman–Crippen MR) is 47.9 cm³/mol. The number of nitrogens with zero attached hydrogens (tertiary/aromatic N) is 2. The van der Waals surface area contributed by atoms with Crippen molar-refractivity contribution in [1.29, 1.82) is 0 Å². The number of halogens is 1. The summed E-state index contributed by atoms with van der Waals surface area (Å²) in [6.45, 7) is 0. The lowest BCUT2D eigenvalue weighted by atomic mass is 10.2. The van der Waals surface area contributed by atoms with Gasteiger partial charge in [-0.1, -0.05) is 11.6 Å². The van der Waals surface area contributed by atoms with Gasteiger partial charge < -0.3 is 9.84 Å². The van der Waals surface area contributed by atoms with E-state index in [1.54, 1.807) is 0 Å². The van der Waals surface area contributed by atoms with E-state index in [2.05, 4.69) is 9.72 Å². The second kappa shape index (κ2) is 4.32. The first-order valence-corrected chi connectivity index (χ1v) is 3.94. The van der Waals surface area contributed by atoms with Crippen LogP contribution < -0.4 is 0 Å². The van der Waals surface area contributed by atoms with Gasteiger partial charge in [0.05, 0.1) is 10.5 Å². The third-order valence-electron chi connectivity index (χ3n) is 1.55. The molecule has 1 heterocycles. The van der Waals surface area contributed by atoms with Crippen molar-refractivity contribution in [1.82, 2.24) is 4.98 Å². The van der Waals surface area contributed by atoms with Gasteiger partial charge in [-0.3, -0.25) is 10.1 Å². The Labute approximate surface area is 84.2 Å². The Morgan fingerprint density at radius 1 is 1.79 bits per heavy atom. The largest absolute Gasteiger partial charge is 0.364 e. The topological polar surface area (TPSA) is 85.5 Å². The lowest BCUT2D eigenvalue weighted by molar-refractivity contribution is -0.385. The maximum atomic E-state index is 10.4. The summed E-state index contributed by atoms with van der Waals surface area (Å²) in [4.78, 5) is 13.3. The molecule has 1 aromatic heterocycles. The van der Waals surface area contributed by atoms with E-state index >= 15 is 0 Å². The minimum atomic E-state index is -1.31. The van der Waals surface area contributed by atoms with Crippen molar-refractivity contribution in [2.75, 3.05) is 7.11 Å². The third-order valence-corrected chi connectivity index (χ3v) is 1.87. The lowest BCUT2D eigenvalue weighted by Crippen LogP contribution is -2.02. The summed E-state index contributed by atoms with van der Waals surface area (Å²) >= 11 is 5.60. The maximum absolute atomic E-state index is 10.4. The smallest absolute Gasteiger partial charge is 0.288 e. The van der Waals surface area contributed by atoms with Crippen molar-refractivity contribution in [3.05, 3.63) is 33.1 Å². The van der Waals surface area contributed by atoms with Crippen LogP contribution in [0.15, 0.2) is 12.3 Å². The van der Waals surface area contributed by atoms with Crippen molar-refractivity contribution in [3.63, 3.8) is 0 Å². The first-order valence-electron chi connectivity index (χ1n) is 3.57. The van der Waals surface area contributed by atoms with E-state index in [1.165, 1.54) is 7.11 Å². The van der Waals surface area contributed by atoms with E-state index in [4.69, 9.17) is 11.6 Å². The molecule has 0 amide bonds. The monoisotopic (exact) mass is 218 g/mol. The maximum Gasteiger partial charge on any atom is 0.288 e. The Morgan fingerprint density at radius 2 is 2.43 bits per heavy atom. The van der Waals surface area contributed by atoms with E-state index in [0.717, 1.165) is 12.3 Å². The van der Waals surface area contributed by atoms with Gasteiger partial charge in [-0.25, -0.2) is 4.98 Å². The van der Waals surface area contributed by atoms with Gasteiger partial charge in [-0.05, 0) is 0 Å². The average molecular weight is 219 g/mol. The van der Waals surface area contributed by atoms with Gasteiger partial charge in [0.25, 0.3) is 5.69 Å². The number of pyridine rings is 1. The van der Waals surface area contributed by atoms with Crippen LogP contribution in [-0.2, 0) is 4.74 Å². The first-order chi connectivity index (χ1) is 6.56. The number of aliphatic hydroxyl groups excluding tert-OH is 1. The highest BCUT2D eigenvalue weighted by Crippen LogP contribution is 2.25. The number of hydrogen-bond donors (Lipinski definition) is 1. The Bertz CT molecular complexity index is 358. The number of rotatable bonds is 3. The quantitative estimate of drug-likeness (QED) is 0.358. The fourth-order valence-electron chi connectivity index (χ4n) is 0.853. The van der Waals surface area contributed by atoms with Crippen molar-refractivity contribution in [2.24, 2.45) is 0 Å². The van der Waals surface area contributed by atoms with E-state index in [9.17, 15) is 15.2 Å². The molecular formula is C7H7ClN2O4. The van der Waals surface area contributed by atoms with Crippen molar-refractivity contribution < 1.29 is 14.8 Å². The molecule has 1 aromatic rings. The van der Waals surface area contributed by atoms with Gasteiger partial charge in [-0.15, -0.1) is 0 Å². The Hall–Kier alpha value is -1.24. The molecule has 14 heavy (non-hydrogen) atoms. The molecule has 0 radical (unpaired) electrons. The second-order valence-electron chi connectivity index (χ2n) is 2.42. The molecule has 1 unspecified atom stereocenters. The predicted octanol–water partition coefficient (Wildman–Crippen LogP) is 1.28. The highest BCUT2D eigenvalue weighted by molar-refractivity contribution is 6.30. The summed E-state index contributed by atoms with van der Waals surface area (Å²) in [6.07, 6.45) is -0.302. The minimum absolute atomic E-state index is 0.0232. The highest BCUT2D eigenvalue weighted by atomic mass is 35.5. The molecule has 0 saturated heterocycles. The van der Waals surface area contributed by atoms with Gasteiger partial charge in [-0.2, -0.15) is 0 Å². The second-order valence-corrected chi connectivity index (χ2v) is 2.78. The molecule has 0 spiro atoms. The molecule has 1 N–H and O–H groups in total. The molecular weight excluding hydrogens is 212 g/mol. The highest BCUT2D eigenvalue weighted by Gasteiger charge is 2.16. The van der Waals surface area contributed by atoms with Crippen LogP contribution in [0.5, 0.6) is 0 Å². The van der Waals surface area contributed by atoms with Gasteiger partial charge in [0.15, 0.2) is 6.29 Å². The molecule has 0 aliphatic heterocycles. The summed E-state index contributed by atoms with van der Waals surface area (Å²) in [5.74, 6) is 0. The summed E-state index contributed by atoms with van der Waals surface area (Å²) in [6, 6.07) is 1.11. The number of nitro groups is 1. The molecule has 1 rings (SSSR count). The molecule has 0 aliphatic carbocycles. The summed E-state index contributed by atoms with van der Waals surface area (Å²) < 4.78 is 4.56. The first kappa shape index (κ1) is 10.8. The number of aliphatic hydroxyl groups is 1. The van der Waals surface area contributed by atoms with Crippen LogP contribution in [-0.4, -0.2) is 22.1 Å². The van der Waals surface area contributed by atoms with Crippen LogP contribution in [0.25, 0.3) is 0 Å². The van der Waals surface area contributed by atoms with E-state index < -0.39 is 11.2 Å². The van der Waals surface area contributed by atoms with Gasteiger partial charge >= 0.3 is 0 Å². The van der Waals surface area contributed by atoms with E-state index in [-0.39, 0.29) is 16.4 Å². The average Bonchev–Trinajstić information content (AvgIpc) is 2.17. The zero-order valence-corrected chi connectivity index (χ0v) is 7.93. The van der Waals surface area contributed by atoms with E-state index in [1.807, 2.05) is 0 Å². The molecule has 1 atom stereocenters. The number of ether oxygens (including phenoxy) is 1. The van der Waals surface area contributed by atoms with Crippen LogP contribution in [0.4, 0.5) is 5.69 Å². The van der Waals surface area contributed by atoms with Gasteiger partial charge in [0.1, 0.15) is 11.3 Å².